The molecule has 3 aromatic rings. The van der Waals surface area contributed by atoms with Crippen LogP contribution in [0.25, 0.3) is 5.82 Å². The number of benzene rings is 2. The molecule has 0 aliphatic carbocycles. The molecule has 0 saturated heterocycles. The van der Waals surface area contributed by atoms with Gasteiger partial charge in [0.25, 0.3) is 5.91 Å². The van der Waals surface area contributed by atoms with Crippen molar-refractivity contribution >= 4 is 34.4 Å². The summed E-state index contributed by atoms with van der Waals surface area (Å²) in [6.07, 6.45) is 0. The van der Waals surface area contributed by atoms with Crippen LogP contribution in [0, 0.1) is 11.6 Å². The molecule has 0 saturated carbocycles. The van der Waals surface area contributed by atoms with Crippen molar-refractivity contribution in [2.45, 2.75) is 0 Å². The van der Waals surface area contributed by atoms with E-state index in [1.807, 2.05) is 16.3 Å². The van der Waals surface area contributed by atoms with E-state index in [9.17, 15) is 13.6 Å². The van der Waals surface area contributed by atoms with Crippen LogP contribution in [0.2, 0.25) is 0 Å². The van der Waals surface area contributed by atoms with Crippen molar-refractivity contribution in [3.63, 3.8) is 0 Å². The zero-order chi connectivity index (χ0) is 19.0. The number of fused-ring (bicyclic) bond motifs is 1. The first-order valence-electron chi connectivity index (χ1n) is 8.05. The first-order valence-corrected chi connectivity index (χ1v) is 8.92. The Morgan fingerprint density at radius 2 is 1.93 bits per heavy atom. The number of hydrogen-bond donors (Lipinski definition) is 2. The molecule has 0 atom stereocenters. The molecule has 0 bridgehead atoms. The number of amides is 1. The number of halogens is 2. The normalized spacial score (nSPS) is 13.1. The van der Waals surface area contributed by atoms with E-state index < -0.39 is 17.5 Å². The molecule has 8 heteroatoms. The molecular formula is C19H14F2N4OS. The molecule has 3 N–H and O–H groups in total. The zero-order valence-electron chi connectivity index (χ0n) is 13.9. The first-order chi connectivity index (χ1) is 13.0. The molecule has 0 unspecified atom stereocenters. The molecule has 0 spiro atoms. The monoisotopic (exact) mass is 384 g/mol. The number of nitrogens with two attached hydrogens (primary N) is 1. The summed E-state index contributed by atoms with van der Waals surface area (Å²) in [7, 11) is 0. The van der Waals surface area contributed by atoms with Crippen LogP contribution in [0.5, 0.6) is 0 Å². The molecule has 1 aromatic heterocycles. The van der Waals surface area contributed by atoms with E-state index in [1.165, 1.54) is 11.3 Å². The summed E-state index contributed by atoms with van der Waals surface area (Å²) in [5.74, 6) is -1.57. The van der Waals surface area contributed by atoms with Crippen LogP contribution in [0.3, 0.4) is 0 Å². The Morgan fingerprint density at radius 1 is 1.15 bits per heavy atom. The highest BCUT2D eigenvalue weighted by Gasteiger charge is 2.16. The summed E-state index contributed by atoms with van der Waals surface area (Å²) in [4.78, 5) is 18.5. The van der Waals surface area contributed by atoms with Crippen LogP contribution in [0.15, 0.2) is 58.9 Å². The maximum Gasteiger partial charge on any atom is 0.258 e. The number of carbonyl (C=O) groups excluding carboxylic acids is 1. The lowest BCUT2D eigenvalue weighted by Gasteiger charge is -2.24. The Bertz CT molecular complexity index is 1140. The van der Waals surface area contributed by atoms with E-state index in [4.69, 9.17) is 5.73 Å². The number of anilines is 2. The largest absolute Gasteiger partial charge is 0.384 e. The van der Waals surface area contributed by atoms with Crippen LogP contribution >= 0.6 is 11.3 Å². The quantitative estimate of drug-likeness (QED) is 0.729. The van der Waals surface area contributed by atoms with Gasteiger partial charge in [0.05, 0.1) is 10.8 Å². The second-order valence-corrected chi connectivity index (χ2v) is 6.77. The molecular weight excluding hydrogens is 370 g/mol. The van der Waals surface area contributed by atoms with Gasteiger partial charge in [-0.05, 0) is 53.9 Å². The fourth-order valence-corrected chi connectivity index (χ4v) is 3.56. The van der Waals surface area contributed by atoms with Gasteiger partial charge in [-0.2, -0.15) is 0 Å². The number of nitrogens with zero attached hydrogens (tertiary/aromatic N) is 2. The van der Waals surface area contributed by atoms with Gasteiger partial charge < -0.3 is 16.0 Å². The minimum atomic E-state index is -0.783. The number of nitrogens with one attached hydrogen (secondary N) is 1. The first kappa shape index (κ1) is 17.2. The number of thiophene rings is 1. The van der Waals surface area contributed by atoms with Crippen molar-refractivity contribution in [2.75, 3.05) is 16.9 Å². The van der Waals surface area contributed by atoms with E-state index in [0.717, 1.165) is 33.8 Å². The van der Waals surface area contributed by atoms with Crippen LogP contribution in [-0.4, -0.2) is 12.6 Å². The van der Waals surface area contributed by atoms with Crippen molar-refractivity contribution in [2.24, 2.45) is 10.7 Å². The van der Waals surface area contributed by atoms with Gasteiger partial charge in [0.1, 0.15) is 28.8 Å². The SMILES string of the molecule is NC1=c2ccsc2=NCN1c1ccc(NC(=O)c2cc(F)ccc2F)cc1. The Balaban J connectivity index is 1.55. The van der Waals surface area contributed by atoms with Gasteiger partial charge in [-0.1, -0.05) is 0 Å². The third kappa shape index (κ3) is 3.26. The van der Waals surface area contributed by atoms with Gasteiger partial charge in [-0.15, -0.1) is 11.3 Å². The summed E-state index contributed by atoms with van der Waals surface area (Å²) < 4.78 is 27.9. The summed E-state index contributed by atoms with van der Waals surface area (Å²) in [6.45, 7) is 0.402. The van der Waals surface area contributed by atoms with E-state index in [1.54, 1.807) is 24.3 Å². The molecule has 5 nitrogen and oxygen atoms in total. The van der Waals surface area contributed by atoms with Gasteiger partial charge in [0.2, 0.25) is 0 Å². The van der Waals surface area contributed by atoms with E-state index in [-0.39, 0.29) is 5.56 Å². The maximum absolute atomic E-state index is 13.7. The molecule has 0 radical (unpaired) electrons. The minimum Gasteiger partial charge on any atom is -0.384 e. The van der Waals surface area contributed by atoms with Gasteiger partial charge in [0, 0.05) is 11.4 Å². The fraction of sp³-hybridized carbons (Fsp3) is 0.0526. The molecule has 1 aliphatic heterocycles. The Kier molecular flexibility index (Phi) is 4.33. The lowest BCUT2D eigenvalue weighted by molar-refractivity contribution is 0.102. The lowest BCUT2D eigenvalue weighted by atomic mass is 10.2. The third-order valence-corrected chi connectivity index (χ3v) is 5.02. The molecule has 1 amide bonds. The average Bonchev–Trinajstić information content (AvgIpc) is 3.14. The highest BCUT2D eigenvalue weighted by Crippen LogP contribution is 2.21. The maximum atomic E-state index is 13.7. The van der Waals surface area contributed by atoms with Crippen molar-refractivity contribution in [1.82, 2.24) is 0 Å². The highest BCUT2D eigenvalue weighted by molar-refractivity contribution is 7.07. The number of carbonyl (C=O) groups is 1. The predicted octanol–water partition coefficient (Wildman–Crippen LogP) is 2.40. The van der Waals surface area contributed by atoms with E-state index in [2.05, 4.69) is 10.3 Å². The van der Waals surface area contributed by atoms with Crippen LogP contribution in [0.1, 0.15) is 10.4 Å². The fourth-order valence-electron chi connectivity index (χ4n) is 2.79. The Morgan fingerprint density at radius 3 is 2.70 bits per heavy atom. The van der Waals surface area contributed by atoms with Crippen LogP contribution in [0.4, 0.5) is 20.2 Å². The zero-order valence-corrected chi connectivity index (χ0v) is 14.8. The van der Waals surface area contributed by atoms with Gasteiger partial charge in [0.15, 0.2) is 0 Å². The van der Waals surface area contributed by atoms with Gasteiger partial charge in [-0.3, -0.25) is 9.79 Å². The van der Waals surface area contributed by atoms with E-state index >= 15 is 0 Å². The van der Waals surface area contributed by atoms with Crippen LogP contribution in [-0.2, 0) is 0 Å². The van der Waals surface area contributed by atoms with Crippen LogP contribution < -0.4 is 25.8 Å². The second-order valence-electron chi connectivity index (χ2n) is 5.88. The smallest absolute Gasteiger partial charge is 0.258 e. The Hall–Kier alpha value is -3.26. The molecule has 0 fully saturated rings. The topological polar surface area (TPSA) is 70.7 Å². The molecule has 4 rings (SSSR count). The lowest BCUT2D eigenvalue weighted by Crippen LogP contribution is -2.41. The van der Waals surface area contributed by atoms with Crippen molar-refractivity contribution in [3.8, 4) is 0 Å². The minimum absolute atomic E-state index is 0.350. The van der Waals surface area contributed by atoms with E-state index in [0.29, 0.717) is 18.2 Å². The summed E-state index contributed by atoms with van der Waals surface area (Å²) >= 11 is 1.54. The second kappa shape index (κ2) is 6.81. The molecule has 27 heavy (non-hydrogen) atoms. The predicted molar refractivity (Wildman–Crippen MR) is 101 cm³/mol. The molecule has 136 valence electrons. The molecule has 1 aliphatic rings. The summed E-state index contributed by atoms with van der Waals surface area (Å²) in [5.41, 5.74) is 7.15. The average molecular weight is 384 g/mol. The third-order valence-electron chi connectivity index (χ3n) is 4.18. The standard InChI is InChI=1S/C19H14F2N4OS/c20-11-1-6-16(21)15(9-11)18(26)24-12-2-4-13(5-3-12)25-10-23-19-14(17(25)22)7-8-27-19/h1-9H,10,22H2,(H,24,26). The van der Waals surface area contributed by atoms with Crippen molar-refractivity contribution < 1.29 is 13.6 Å². The van der Waals surface area contributed by atoms with Crippen molar-refractivity contribution in [1.29, 1.82) is 0 Å². The number of rotatable bonds is 3. The molecule has 2 aromatic carbocycles. The Labute approximate surface area is 157 Å². The molecule has 2 heterocycles. The summed E-state index contributed by atoms with van der Waals surface area (Å²) in [5, 5.41) is 5.39. The highest BCUT2D eigenvalue weighted by atomic mass is 32.1. The number of hydrogen-bond acceptors (Lipinski definition) is 5. The van der Waals surface area contributed by atoms with Gasteiger partial charge in [-0.25, -0.2) is 8.78 Å². The van der Waals surface area contributed by atoms with Crippen molar-refractivity contribution in [3.05, 3.63) is 81.0 Å². The van der Waals surface area contributed by atoms with Gasteiger partial charge >= 0.3 is 0 Å². The summed E-state index contributed by atoms with van der Waals surface area (Å²) in [6, 6.07) is 11.6.